The second-order valence-corrected chi connectivity index (χ2v) is 8.44. The monoisotopic (exact) mass is 448 g/mol. The van der Waals surface area contributed by atoms with Crippen LogP contribution < -0.4 is 4.89 Å². The standard InChI is InChI=1S/C20H19F3N6OS/c1-19(2,18(24)30-28-31-20(21,22)23)15-8-14(9-25-10-15)12-3-5-16-13(7-12)4-6-17-27-26-11-29(16)17/h3,5,7-11,24,28H,4,6H2,1-2H3. The topological polar surface area (TPSA) is 88.7 Å². The summed E-state index contributed by atoms with van der Waals surface area (Å²) in [4.78, 5) is 10.8. The fraction of sp³-hybridized carbons (Fsp3) is 0.300. The van der Waals surface area contributed by atoms with Crippen LogP contribution in [0.3, 0.4) is 0 Å². The van der Waals surface area contributed by atoms with Crippen molar-refractivity contribution in [1.29, 1.82) is 5.41 Å². The minimum atomic E-state index is -4.51. The first-order chi connectivity index (χ1) is 14.6. The van der Waals surface area contributed by atoms with Gasteiger partial charge in [0.25, 0.3) is 0 Å². The lowest BCUT2D eigenvalue weighted by molar-refractivity contribution is -0.0358. The molecule has 1 aliphatic heterocycles. The van der Waals surface area contributed by atoms with E-state index in [1.165, 1.54) is 5.56 Å². The molecule has 0 saturated heterocycles. The Morgan fingerprint density at radius 1 is 1.16 bits per heavy atom. The van der Waals surface area contributed by atoms with Gasteiger partial charge in [0.05, 0.1) is 23.1 Å². The first kappa shape index (κ1) is 21.3. The number of hydrogen-bond donors (Lipinski definition) is 2. The van der Waals surface area contributed by atoms with Crippen LogP contribution in [0.1, 0.15) is 30.8 Å². The second-order valence-electron chi connectivity index (χ2n) is 7.61. The summed E-state index contributed by atoms with van der Waals surface area (Å²) in [7, 11) is 0. The Morgan fingerprint density at radius 2 is 1.97 bits per heavy atom. The van der Waals surface area contributed by atoms with Gasteiger partial charge in [-0.1, -0.05) is 11.0 Å². The molecule has 162 valence electrons. The van der Waals surface area contributed by atoms with Crippen molar-refractivity contribution in [1.82, 2.24) is 24.6 Å². The molecule has 2 aromatic heterocycles. The van der Waals surface area contributed by atoms with Gasteiger partial charge in [0.1, 0.15) is 12.2 Å². The number of nitrogens with zero attached hydrogens (tertiary/aromatic N) is 4. The third-order valence-electron chi connectivity index (χ3n) is 5.24. The minimum absolute atomic E-state index is 0.353. The highest BCUT2D eigenvalue weighted by molar-refractivity contribution is 7.98. The summed E-state index contributed by atoms with van der Waals surface area (Å²) in [6, 6.07) is 7.95. The van der Waals surface area contributed by atoms with Crippen molar-refractivity contribution in [3.63, 3.8) is 0 Å². The van der Waals surface area contributed by atoms with Crippen LogP contribution in [0.2, 0.25) is 0 Å². The highest BCUT2D eigenvalue weighted by Gasteiger charge is 2.33. The SMILES string of the molecule is CC(C)(C(=N)ONSC(F)(F)F)c1cncc(-c2ccc3c(c2)CCc2nncn2-3)c1. The van der Waals surface area contributed by atoms with Crippen LogP contribution in [0.4, 0.5) is 13.2 Å². The maximum atomic E-state index is 12.3. The molecule has 0 amide bonds. The molecule has 4 rings (SSSR count). The maximum absolute atomic E-state index is 12.3. The van der Waals surface area contributed by atoms with Gasteiger partial charge in [0.2, 0.25) is 5.90 Å². The second kappa shape index (κ2) is 7.97. The van der Waals surface area contributed by atoms with E-state index in [1.54, 1.807) is 37.5 Å². The van der Waals surface area contributed by atoms with Crippen molar-refractivity contribution >= 4 is 17.8 Å². The molecule has 0 spiro atoms. The van der Waals surface area contributed by atoms with E-state index in [4.69, 9.17) is 10.2 Å². The maximum Gasteiger partial charge on any atom is 0.459 e. The van der Waals surface area contributed by atoms with Crippen LogP contribution in [-0.4, -0.2) is 31.2 Å². The first-order valence-electron chi connectivity index (χ1n) is 9.39. The van der Waals surface area contributed by atoms with Gasteiger partial charge in [-0.3, -0.25) is 15.0 Å². The zero-order valence-electron chi connectivity index (χ0n) is 16.7. The smallest absolute Gasteiger partial charge is 0.382 e. The van der Waals surface area contributed by atoms with Crippen molar-refractivity contribution in [3.05, 3.63) is 59.9 Å². The highest BCUT2D eigenvalue weighted by atomic mass is 32.2. The predicted molar refractivity (Wildman–Crippen MR) is 111 cm³/mol. The van der Waals surface area contributed by atoms with Crippen LogP contribution in [0.5, 0.6) is 0 Å². The number of halogens is 3. The minimum Gasteiger partial charge on any atom is -0.382 e. The number of rotatable bonds is 5. The lowest BCUT2D eigenvalue weighted by Crippen LogP contribution is -2.34. The Labute approximate surface area is 180 Å². The number of alkyl halides is 3. The lowest BCUT2D eigenvalue weighted by atomic mass is 9.84. The fourth-order valence-corrected chi connectivity index (χ4v) is 3.60. The highest BCUT2D eigenvalue weighted by Crippen LogP contribution is 2.32. The van der Waals surface area contributed by atoms with Crippen molar-refractivity contribution in [2.24, 2.45) is 0 Å². The molecular weight excluding hydrogens is 429 g/mol. The van der Waals surface area contributed by atoms with E-state index in [1.807, 2.05) is 22.8 Å². The molecule has 0 radical (unpaired) electrons. The fourth-order valence-electron chi connectivity index (χ4n) is 3.39. The van der Waals surface area contributed by atoms with Gasteiger partial charge in [-0.15, -0.1) is 10.2 Å². The molecule has 3 heterocycles. The van der Waals surface area contributed by atoms with Crippen molar-refractivity contribution < 1.29 is 18.0 Å². The Bertz CT molecular complexity index is 1130. The van der Waals surface area contributed by atoms with E-state index in [9.17, 15) is 13.2 Å². The van der Waals surface area contributed by atoms with Crippen LogP contribution in [0.25, 0.3) is 16.8 Å². The average Bonchev–Trinajstić information content (AvgIpc) is 3.21. The number of fused-ring (bicyclic) bond motifs is 3. The quantitative estimate of drug-likeness (QED) is 0.261. The number of nitrogens with one attached hydrogen (secondary N) is 2. The zero-order valence-corrected chi connectivity index (χ0v) is 17.5. The van der Waals surface area contributed by atoms with E-state index in [0.29, 0.717) is 5.56 Å². The van der Waals surface area contributed by atoms with E-state index < -0.39 is 22.9 Å². The van der Waals surface area contributed by atoms with Gasteiger partial charge in [-0.05, 0) is 55.2 Å². The lowest BCUT2D eigenvalue weighted by Gasteiger charge is -2.25. The third-order valence-corrected chi connectivity index (χ3v) is 5.64. The molecular formula is C20H19F3N6OS. The van der Waals surface area contributed by atoms with Gasteiger partial charge in [-0.2, -0.15) is 13.2 Å². The molecule has 0 atom stereocenters. The molecule has 2 N–H and O–H groups in total. The number of pyridine rings is 1. The molecule has 0 bridgehead atoms. The van der Waals surface area contributed by atoms with Crippen LogP contribution >= 0.6 is 11.9 Å². The van der Waals surface area contributed by atoms with Crippen LogP contribution in [-0.2, 0) is 23.1 Å². The molecule has 7 nitrogen and oxygen atoms in total. The summed E-state index contributed by atoms with van der Waals surface area (Å²) in [6.45, 7) is 3.38. The normalized spacial score (nSPS) is 13.5. The van der Waals surface area contributed by atoms with Crippen LogP contribution in [0.15, 0.2) is 43.0 Å². The Balaban J connectivity index is 1.57. The number of aryl methyl sites for hydroxylation is 2. The summed E-state index contributed by atoms with van der Waals surface area (Å²) in [5, 5.41) is 16.2. The van der Waals surface area contributed by atoms with E-state index >= 15 is 0 Å². The number of hydrogen-bond acceptors (Lipinski definition) is 7. The van der Waals surface area contributed by atoms with E-state index in [-0.39, 0.29) is 5.90 Å². The molecule has 31 heavy (non-hydrogen) atoms. The molecule has 0 unspecified atom stereocenters. The van der Waals surface area contributed by atoms with Gasteiger partial charge in [0, 0.05) is 24.4 Å². The molecule has 0 fully saturated rings. The first-order valence-corrected chi connectivity index (χ1v) is 10.2. The third kappa shape index (κ3) is 4.42. The number of aromatic nitrogens is 4. The Kier molecular flexibility index (Phi) is 5.48. The Hall–Kier alpha value is -2.92. The summed E-state index contributed by atoms with van der Waals surface area (Å²) in [6.07, 6.45) is 6.66. The summed E-state index contributed by atoms with van der Waals surface area (Å²) in [5.74, 6) is 0.579. The molecule has 0 saturated carbocycles. The summed E-state index contributed by atoms with van der Waals surface area (Å²) in [5.41, 5.74) is -0.846. The largest absolute Gasteiger partial charge is 0.459 e. The summed E-state index contributed by atoms with van der Waals surface area (Å²) >= 11 is -0.557. The van der Waals surface area contributed by atoms with Gasteiger partial charge >= 0.3 is 5.51 Å². The van der Waals surface area contributed by atoms with Gasteiger partial charge in [-0.25, -0.2) is 0 Å². The zero-order chi connectivity index (χ0) is 22.2. The average molecular weight is 448 g/mol. The molecule has 0 aliphatic carbocycles. The van der Waals surface area contributed by atoms with Crippen molar-refractivity contribution in [3.8, 4) is 16.8 Å². The number of benzene rings is 1. The predicted octanol–water partition coefficient (Wildman–Crippen LogP) is 4.37. The van der Waals surface area contributed by atoms with Crippen LogP contribution in [0, 0.1) is 5.41 Å². The van der Waals surface area contributed by atoms with Gasteiger partial charge < -0.3 is 4.84 Å². The Morgan fingerprint density at radius 3 is 2.74 bits per heavy atom. The summed E-state index contributed by atoms with van der Waals surface area (Å²) < 4.78 is 38.8. The molecule has 3 aromatic rings. The van der Waals surface area contributed by atoms with E-state index in [0.717, 1.165) is 35.5 Å². The van der Waals surface area contributed by atoms with Gasteiger partial charge in [0.15, 0.2) is 0 Å². The molecule has 11 heteroatoms. The molecule has 1 aliphatic rings. The van der Waals surface area contributed by atoms with Crippen molar-refractivity contribution in [2.45, 2.75) is 37.6 Å². The molecule has 1 aromatic carbocycles. The van der Waals surface area contributed by atoms with E-state index in [2.05, 4.69) is 21.2 Å². The van der Waals surface area contributed by atoms with Crippen molar-refractivity contribution in [2.75, 3.05) is 0 Å².